The summed E-state index contributed by atoms with van der Waals surface area (Å²) < 4.78 is 28.9. The zero-order chi connectivity index (χ0) is 37.3. The molecule has 1 aromatic heterocycles. The quantitative estimate of drug-likeness (QED) is 0.0206. The second kappa shape index (κ2) is 20.1. The van der Waals surface area contributed by atoms with Crippen molar-refractivity contribution in [1.29, 1.82) is 0 Å². The molecule has 0 fully saturated rings. The van der Waals surface area contributed by atoms with Gasteiger partial charge in [-0.25, -0.2) is 19.4 Å². The Morgan fingerprint density at radius 1 is 0.755 bits per heavy atom. The van der Waals surface area contributed by atoms with E-state index in [9.17, 15) is 14.4 Å². The van der Waals surface area contributed by atoms with Crippen molar-refractivity contribution in [3.05, 3.63) is 120 Å². The molecule has 0 aliphatic carbocycles. The van der Waals surface area contributed by atoms with Crippen molar-refractivity contribution in [3.63, 3.8) is 0 Å². The molecule has 12 heteroatoms. The average Bonchev–Trinajstić information content (AvgIpc) is 3.60. The maximum Gasteiger partial charge on any atom is 0.343 e. The number of hydrogen-bond acceptors (Lipinski definition) is 12. The van der Waals surface area contributed by atoms with E-state index in [0.717, 1.165) is 54.8 Å². The van der Waals surface area contributed by atoms with Crippen molar-refractivity contribution in [3.8, 4) is 23.0 Å². The van der Waals surface area contributed by atoms with Crippen LogP contribution in [0, 0.1) is 0 Å². The number of ether oxygens (including phenoxy) is 5. The molecular weight excluding hydrogens is 695 g/mol. The van der Waals surface area contributed by atoms with Crippen LogP contribution in [0.3, 0.4) is 0 Å². The summed E-state index contributed by atoms with van der Waals surface area (Å²) >= 11 is 1.45. The SMILES string of the molecule is C=CC(=O)OCCCCCCOc1ccc(C(=O)Oc2ccc(OC(=O)c3ccc(OCCCC)cc3)cc2/C=N/Nc2nc3ccccc3s2)cc1. The Morgan fingerprint density at radius 3 is 2.04 bits per heavy atom. The van der Waals surface area contributed by atoms with Crippen molar-refractivity contribution in [1.82, 2.24) is 4.98 Å². The van der Waals surface area contributed by atoms with Crippen LogP contribution in [0.2, 0.25) is 0 Å². The summed E-state index contributed by atoms with van der Waals surface area (Å²) in [6, 6.07) is 25.8. The van der Waals surface area contributed by atoms with Crippen LogP contribution in [0.15, 0.2) is 109 Å². The minimum atomic E-state index is -0.589. The van der Waals surface area contributed by atoms with E-state index in [2.05, 4.69) is 29.0 Å². The van der Waals surface area contributed by atoms with Crippen LogP contribution in [0.1, 0.15) is 71.7 Å². The molecule has 0 spiro atoms. The number of nitrogens with one attached hydrogen (secondary N) is 1. The third-order valence-corrected chi connectivity index (χ3v) is 8.66. The lowest BCUT2D eigenvalue weighted by Gasteiger charge is -2.11. The fourth-order valence-corrected chi connectivity index (χ4v) is 5.69. The third-order valence-electron chi connectivity index (χ3n) is 7.72. The first-order valence-electron chi connectivity index (χ1n) is 17.4. The Hall–Kier alpha value is -6.01. The predicted octanol–water partition coefficient (Wildman–Crippen LogP) is 9.03. The lowest BCUT2D eigenvalue weighted by Crippen LogP contribution is -2.11. The monoisotopic (exact) mass is 735 g/mol. The first-order chi connectivity index (χ1) is 25.9. The van der Waals surface area contributed by atoms with Crippen molar-refractivity contribution < 1.29 is 38.1 Å². The van der Waals surface area contributed by atoms with Crippen LogP contribution in [-0.2, 0) is 9.53 Å². The molecule has 53 heavy (non-hydrogen) atoms. The molecule has 0 saturated heterocycles. The van der Waals surface area contributed by atoms with Crippen LogP contribution in [0.25, 0.3) is 10.2 Å². The highest BCUT2D eigenvalue weighted by Crippen LogP contribution is 2.27. The largest absolute Gasteiger partial charge is 0.494 e. The first kappa shape index (κ1) is 38.2. The van der Waals surface area contributed by atoms with E-state index in [1.165, 1.54) is 17.6 Å². The van der Waals surface area contributed by atoms with Crippen LogP contribution >= 0.6 is 11.3 Å². The molecule has 5 rings (SSSR count). The van der Waals surface area contributed by atoms with E-state index in [-0.39, 0.29) is 11.5 Å². The number of benzene rings is 4. The summed E-state index contributed by atoms with van der Waals surface area (Å²) in [7, 11) is 0. The summed E-state index contributed by atoms with van der Waals surface area (Å²) in [5.41, 5.74) is 4.83. The maximum absolute atomic E-state index is 13.2. The van der Waals surface area contributed by atoms with Crippen molar-refractivity contribution in [2.24, 2.45) is 5.10 Å². The van der Waals surface area contributed by atoms with Gasteiger partial charge in [0, 0.05) is 11.6 Å². The minimum Gasteiger partial charge on any atom is -0.494 e. The number of anilines is 1. The van der Waals surface area contributed by atoms with Gasteiger partial charge in [0.2, 0.25) is 5.13 Å². The fraction of sp³-hybridized carbons (Fsp3) is 0.244. The zero-order valence-corrected chi connectivity index (χ0v) is 30.3. The van der Waals surface area contributed by atoms with Gasteiger partial charge in [0.15, 0.2) is 0 Å². The highest BCUT2D eigenvalue weighted by atomic mass is 32.1. The molecule has 0 bridgehead atoms. The number of carbonyl (C=O) groups is 3. The first-order valence-corrected chi connectivity index (χ1v) is 18.2. The van der Waals surface area contributed by atoms with Gasteiger partial charge in [0.1, 0.15) is 23.0 Å². The van der Waals surface area contributed by atoms with Crippen molar-refractivity contribution >= 4 is 50.8 Å². The molecule has 0 aliphatic rings. The Kier molecular flexibility index (Phi) is 14.5. The summed E-state index contributed by atoms with van der Waals surface area (Å²) in [6.45, 7) is 6.96. The molecule has 1 heterocycles. The van der Waals surface area contributed by atoms with E-state index in [0.29, 0.717) is 53.1 Å². The number of rotatable bonds is 20. The number of esters is 3. The molecule has 274 valence electrons. The number of aromatic nitrogens is 1. The Bertz CT molecular complexity index is 1980. The standard InChI is InChI=1S/C41H41N3O8S/c1-3-5-24-48-32-18-14-29(15-19-32)39(46)51-34-22-23-36(31(27-34)28-42-44-41-43-35-12-8-9-13-37(35)53-41)52-40(47)30-16-20-33(21-17-30)49-25-10-6-7-11-26-50-38(45)4-2/h4,8-9,12-23,27-28H,2-3,5-7,10-11,24-26H2,1H3,(H,43,44)/b42-28+. The number of hydrogen-bond donors (Lipinski definition) is 1. The van der Waals surface area contributed by atoms with Gasteiger partial charge >= 0.3 is 17.9 Å². The van der Waals surface area contributed by atoms with E-state index in [4.69, 9.17) is 23.7 Å². The number of unbranched alkanes of at least 4 members (excludes halogenated alkanes) is 4. The molecule has 0 saturated carbocycles. The topological polar surface area (TPSA) is 135 Å². The molecule has 0 aliphatic heterocycles. The molecule has 1 N–H and O–H groups in total. The van der Waals surface area contributed by atoms with Gasteiger partial charge in [0.25, 0.3) is 0 Å². The number of para-hydroxylation sites is 1. The van der Waals surface area contributed by atoms with E-state index in [1.807, 2.05) is 24.3 Å². The second-order valence-corrected chi connectivity index (χ2v) is 12.8. The average molecular weight is 736 g/mol. The van der Waals surface area contributed by atoms with E-state index >= 15 is 0 Å². The van der Waals surface area contributed by atoms with E-state index in [1.54, 1.807) is 66.7 Å². The van der Waals surface area contributed by atoms with Crippen LogP contribution < -0.4 is 24.4 Å². The second-order valence-electron chi connectivity index (χ2n) is 11.7. The van der Waals surface area contributed by atoms with E-state index < -0.39 is 17.9 Å². The molecule has 0 amide bonds. The summed E-state index contributed by atoms with van der Waals surface area (Å²) in [4.78, 5) is 41.8. The summed E-state index contributed by atoms with van der Waals surface area (Å²) in [5.74, 6) is 0.186. The lowest BCUT2D eigenvalue weighted by atomic mass is 10.2. The fourth-order valence-electron chi connectivity index (χ4n) is 4.87. The van der Waals surface area contributed by atoms with Crippen molar-refractivity contribution in [2.45, 2.75) is 45.4 Å². The van der Waals surface area contributed by atoms with Crippen LogP contribution in [-0.4, -0.2) is 48.9 Å². The number of nitrogens with zero attached hydrogens (tertiary/aromatic N) is 2. The minimum absolute atomic E-state index is 0.206. The van der Waals surface area contributed by atoms with Gasteiger partial charge in [-0.05, 0) is 111 Å². The van der Waals surface area contributed by atoms with Gasteiger partial charge in [-0.2, -0.15) is 5.10 Å². The molecule has 0 atom stereocenters. The molecule has 4 aromatic carbocycles. The Balaban J connectivity index is 1.21. The Morgan fingerprint density at radius 2 is 1.38 bits per heavy atom. The van der Waals surface area contributed by atoms with Gasteiger partial charge < -0.3 is 23.7 Å². The molecule has 0 unspecified atom stereocenters. The van der Waals surface area contributed by atoms with Gasteiger partial charge in [-0.15, -0.1) is 0 Å². The van der Waals surface area contributed by atoms with Crippen LogP contribution in [0.4, 0.5) is 5.13 Å². The molecule has 0 radical (unpaired) electrons. The molecular formula is C41H41N3O8S. The third kappa shape index (κ3) is 12.0. The molecule has 11 nitrogen and oxygen atoms in total. The lowest BCUT2D eigenvalue weighted by molar-refractivity contribution is -0.137. The predicted molar refractivity (Wildman–Crippen MR) is 206 cm³/mol. The van der Waals surface area contributed by atoms with Gasteiger partial charge in [0.05, 0.1) is 47.4 Å². The summed E-state index contributed by atoms with van der Waals surface area (Å²) in [5, 5.41) is 4.92. The normalized spacial score (nSPS) is 10.9. The Labute approximate surface area is 312 Å². The smallest absolute Gasteiger partial charge is 0.343 e. The number of thiazole rings is 1. The number of fused-ring (bicyclic) bond motifs is 1. The van der Waals surface area contributed by atoms with Crippen LogP contribution in [0.5, 0.6) is 23.0 Å². The molecule has 5 aromatic rings. The summed E-state index contributed by atoms with van der Waals surface area (Å²) in [6.07, 6.45) is 8.05. The van der Waals surface area contributed by atoms with Gasteiger partial charge in [-0.1, -0.05) is 43.4 Å². The van der Waals surface area contributed by atoms with Crippen molar-refractivity contribution in [2.75, 3.05) is 25.2 Å². The maximum atomic E-state index is 13.2. The highest BCUT2D eigenvalue weighted by molar-refractivity contribution is 7.22. The zero-order valence-electron chi connectivity index (χ0n) is 29.5. The number of hydrazone groups is 1. The number of carbonyl (C=O) groups excluding carboxylic acids is 3. The van der Waals surface area contributed by atoms with Gasteiger partial charge in [-0.3, -0.25) is 5.43 Å². The highest BCUT2D eigenvalue weighted by Gasteiger charge is 2.15.